The number of carbonyl (C=O) groups excluding carboxylic acids is 1. The molecule has 0 aliphatic rings. The average molecular weight is 449 g/mol. The number of halogens is 2. The number of aryl methyl sites for hydroxylation is 1. The summed E-state index contributed by atoms with van der Waals surface area (Å²) in [6.45, 7) is 3.49. The molecule has 0 saturated heterocycles. The molecule has 3 rings (SSSR count). The van der Waals surface area contributed by atoms with Crippen LogP contribution in [-0.4, -0.2) is 22.2 Å². The molecule has 140 valence electrons. The number of rotatable bonds is 7. The fourth-order valence-corrected chi connectivity index (χ4v) is 2.92. The van der Waals surface area contributed by atoms with E-state index in [9.17, 15) is 4.79 Å². The van der Waals surface area contributed by atoms with E-state index in [0.29, 0.717) is 25.3 Å². The Hall–Kier alpha value is -2.31. The van der Waals surface area contributed by atoms with E-state index in [1.165, 1.54) is 0 Å². The standard InChI is InChI=1S/C20H19BrClN3O2/c1-14-10-18(6-7-19(14)22)27-13-15-2-4-16(5-3-15)20(26)23-8-9-25-12-17(21)11-24-25/h2-7,10-12H,8-9,13H2,1H3,(H,23,26). The lowest BCUT2D eigenvalue weighted by molar-refractivity contribution is 0.0952. The van der Waals surface area contributed by atoms with E-state index in [1.807, 2.05) is 43.5 Å². The molecule has 27 heavy (non-hydrogen) atoms. The van der Waals surface area contributed by atoms with Gasteiger partial charge in [-0.3, -0.25) is 9.48 Å². The molecule has 0 radical (unpaired) electrons. The van der Waals surface area contributed by atoms with E-state index >= 15 is 0 Å². The van der Waals surface area contributed by atoms with E-state index < -0.39 is 0 Å². The fourth-order valence-electron chi connectivity index (χ4n) is 2.47. The van der Waals surface area contributed by atoms with Crippen LogP contribution >= 0.6 is 27.5 Å². The van der Waals surface area contributed by atoms with Crippen molar-refractivity contribution in [3.63, 3.8) is 0 Å². The van der Waals surface area contributed by atoms with Gasteiger partial charge in [0, 0.05) is 23.3 Å². The number of aromatic nitrogens is 2. The Morgan fingerprint density at radius 3 is 2.70 bits per heavy atom. The number of hydrogen-bond acceptors (Lipinski definition) is 3. The summed E-state index contributed by atoms with van der Waals surface area (Å²) in [7, 11) is 0. The van der Waals surface area contributed by atoms with Gasteiger partial charge in [0.2, 0.25) is 0 Å². The number of benzene rings is 2. The third-order valence-electron chi connectivity index (χ3n) is 3.98. The van der Waals surface area contributed by atoms with Crippen LogP contribution in [0, 0.1) is 6.92 Å². The Kier molecular flexibility index (Phi) is 6.53. The van der Waals surface area contributed by atoms with Gasteiger partial charge in [-0.15, -0.1) is 0 Å². The maximum atomic E-state index is 12.2. The first-order valence-electron chi connectivity index (χ1n) is 8.45. The molecule has 0 aliphatic heterocycles. The van der Waals surface area contributed by atoms with Gasteiger partial charge in [0.05, 0.1) is 17.2 Å². The molecule has 0 saturated carbocycles. The van der Waals surface area contributed by atoms with Crippen LogP contribution in [-0.2, 0) is 13.2 Å². The van der Waals surface area contributed by atoms with E-state index in [0.717, 1.165) is 26.4 Å². The highest BCUT2D eigenvalue weighted by molar-refractivity contribution is 9.10. The van der Waals surface area contributed by atoms with Crippen LogP contribution in [0.3, 0.4) is 0 Å². The maximum absolute atomic E-state index is 12.2. The lowest BCUT2D eigenvalue weighted by Gasteiger charge is -2.09. The second-order valence-corrected chi connectivity index (χ2v) is 7.40. The van der Waals surface area contributed by atoms with Crippen molar-refractivity contribution in [3.05, 3.63) is 81.0 Å². The Bertz CT molecular complexity index is 925. The third-order valence-corrected chi connectivity index (χ3v) is 4.81. The monoisotopic (exact) mass is 447 g/mol. The number of hydrogen-bond donors (Lipinski definition) is 1. The highest BCUT2D eigenvalue weighted by atomic mass is 79.9. The molecule has 5 nitrogen and oxygen atoms in total. The van der Waals surface area contributed by atoms with E-state index in [4.69, 9.17) is 16.3 Å². The molecule has 1 heterocycles. The second-order valence-electron chi connectivity index (χ2n) is 6.07. The van der Waals surface area contributed by atoms with Gasteiger partial charge < -0.3 is 10.1 Å². The normalized spacial score (nSPS) is 10.6. The molecular formula is C20H19BrClN3O2. The highest BCUT2D eigenvalue weighted by Gasteiger charge is 2.06. The number of ether oxygens (including phenoxy) is 1. The largest absolute Gasteiger partial charge is 0.489 e. The van der Waals surface area contributed by atoms with Crippen LogP contribution in [0.25, 0.3) is 0 Å². The van der Waals surface area contributed by atoms with Gasteiger partial charge in [-0.1, -0.05) is 23.7 Å². The van der Waals surface area contributed by atoms with Crippen molar-refractivity contribution in [3.8, 4) is 5.75 Å². The van der Waals surface area contributed by atoms with Crippen LogP contribution in [0.5, 0.6) is 5.75 Å². The summed E-state index contributed by atoms with van der Waals surface area (Å²) in [6.07, 6.45) is 3.58. The van der Waals surface area contributed by atoms with Gasteiger partial charge in [0.15, 0.2) is 0 Å². The van der Waals surface area contributed by atoms with E-state index in [-0.39, 0.29) is 5.91 Å². The molecule has 0 unspecified atom stereocenters. The molecular weight excluding hydrogens is 430 g/mol. The first-order chi connectivity index (χ1) is 13.0. The zero-order valence-electron chi connectivity index (χ0n) is 14.8. The lowest BCUT2D eigenvalue weighted by atomic mass is 10.1. The van der Waals surface area contributed by atoms with Gasteiger partial charge in [0.1, 0.15) is 12.4 Å². The molecule has 1 aromatic heterocycles. The summed E-state index contributed by atoms with van der Waals surface area (Å²) >= 11 is 9.36. The minimum absolute atomic E-state index is 0.109. The van der Waals surface area contributed by atoms with Gasteiger partial charge in [-0.25, -0.2) is 0 Å². The van der Waals surface area contributed by atoms with E-state index in [2.05, 4.69) is 26.3 Å². The number of carbonyl (C=O) groups is 1. The Balaban J connectivity index is 1.48. The Labute approximate surface area is 171 Å². The first kappa shape index (κ1) is 19.5. The summed E-state index contributed by atoms with van der Waals surface area (Å²) < 4.78 is 8.46. The molecule has 0 bridgehead atoms. The van der Waals surface area contributed by atoms with Crippen LogP contribution in [0.4, 0.5) is 0 Å². The maximum Gasteiger partial charge on any atom is 0.251 e. The molecule has 0 spiro atoms. The zero-order valence-corrected chi connectivity index (χ0v) is 17.1. The fraction of sp³-hybridized carbons (Fsp3) is 0.200. The van der Waals surface area contributed by atoms with Gasteiger partial charge >= 0.3 is 0 Å². The van der Waals surface area contributed by atoms with Crippen molar-refractivity contribution in [2.75, 3.05) is 6.54 Å². The van der Waals surface area contributed by atoms with Crippen LogP contribution in [0.1, 0.15) is 21.5 Å². The van der Waals surface area contributed by atoms with Crippen LogP contribution < -0.4 is 10.1 Å². The van der Waals surface area contributed by atoms with Gasteiger partial charge in [-0.2, -0.15) is 5.10 Å². The Morgan fingerprint density at radius 2 is 2.04 bits per heavy atom. The predicted molar refractivity (Wildman–Crippen MR) is 109 cm³/mol. The summed E-state index contributed by atoms with van der Waals surface area (Å²) in [4.78, 5) is 12.2. The minimum Gasteiger partial charge on any atom is -0.489 e. The SMILES string of the molecule is Cc1cc(OCc2ccc(C(=O)NCCn3cc(Br)cn3)cc2)ccc1Cl. The van der Waals surface area contributed by atoms with Crippen molar-refractivity contribution in [1.82, 2.24) is 15.1 Å². The predicted octanol–water partition coefficient (Wildman–Crippen LogP) is 4.62. The van der Waals surface area contributed by atoms with Crippen molar-refractivity contribution >= 4 is 33.4 Å². The van der Waals surface area contributed by atoms with Crippen LogP contribution in [0.15, 0.2) is 59.3 Å². The van der Waals surface area contributed by atoms with Crippen molar-refractivity contribution < 1.29 is 9.53 Å². The molecule has 0 aliphatic carbocycles. The number of nitrogens with one attached hydrogen (secondary N) is 1. The van der Waals surface area contributed by atoms with E-state index in [1.54, 1.807) is 23.0 Å². The first-order valence-corrected chi connectivity index (χ1v) is 9.62. The summed E-state index contributed by atoms with van der Waals surface area (Å²) in [6, 6.07) is 12.9. The lowest BCUT2D eigenvalue weighted by Crippen LogP contribution is -2.27. The van der Waals surface area contributed by atoms with Crippen molar-refractivity contribution in [1.29, 1.82) is 0 Å². The van der Waals surface area contributed by atoms with Gasteiger partial charge in [0.25, 0.3) is 5.91 Å². The third kappa shape index (κ3) is 5.58. The molecule has 1 N–H and O–H groups in total. The zero-order chi connectivity index (χ0) is 19.2. The van der Waals surface area contributed by atoms with Gasteiger partial charge in [-0.05, 0) is 64.3 Å². The van der Waals surface area contributed by atoms with Crippen molar-refractivity contribution in [2.45, 2.75) is 20.1 Å². The number of amides is 1. The van der Waals surface area contributed by atoms with Crippen LogP contribution in [0.2, 0.25) is 5.02 Å². The summed E-state index contributed by atoms with van der Waals surface area (Å²) in [5.74, 6) is 0.658. The molecule has 2 aromatic carbocycles. The molecule has 7 heteroatoms. The molecule has 0 atom stereocenters. The minimum atomic E-state index is -0.109. The average Bonchev–Trinajstić information content (AvgIpc) is 3.08. The Morgan fingerprint density at radius 1 is 1.26 bits per heavy atom. The second kappa shape index (κ2) is 9.06. The molecule has 0 fully saturated rings. The van der Waals surface area contributed by atoms with Crippen molar-refractivity contribution in [2.24, 2.45) is 0 Å². The topological polar surface area (TPSA) is 56.1 Å². The highest BCUT2D eigenvalue weighted by Crippen LogP contribution is 2.21. The molecule has 1 amide bonds. The quantitative estimate of drug-likeness (QED) is 0.574. The smallest absolute Gasteiger partial charge is 0.251 e. The number of nitrogens with zero attached hydrogens (tertiary/aromatic N) is 2. The summed E-state index contributed by atoms with van der Waals surface area (Å²) in [5.41, 5.74) is 2.58. The molecule has 3 aromatic rings. The summed E-state index contributed by atoms with van der Waals surface area (Å²) in [5, 5.41) is 7.76.